The van der Waals surface area contributed by atoms with Crippen molar-refractivity contribution in [3.05, 3.63) is 29.3 Å². The Kier molecular flexibility index (Phi) is 2.40. The minimum Gasteiger partial charge on any atom is -0.368 e. The minimum atomic E-state index is 0.334. The summed E-state index contributed by atoms with van der Waals surface area (Å²) < 4.78 is 1.55. The highest BCUT2D eigenvalue weighted by atomic mass is 35.5. The lowest BCUT2D eigenvalue weighted by Crippen LogP contribution is -2.04. The van der Waals surface area contributed by atoms with Crippen molar-refractivity contribution >= 4 is 23.5 Å². The quantitative estimate of drug-likeness (QED) is 0.874. The maximum Gasteiger partial charge on any atom is 0.244 e. The molecule has 0 radical (unpaired) electrons. The molecule has 3 rings (SSSR count). The monoisotopic (exact) mass is 249 g/mol. The molecule has 3 N–H and O–H groups in total. The van der Waals surface area contributed by atoms with Gasteiger partial charge in [0.15, 0.2) is 0 Å². The summed E-state index contributed by atoms with van der Waals surface area (Å²) in [7, 11) is 0. The van der Waals surface area contributed by atoms with Crippen LogP contribution >= 0.6 is 11.6 Å². The first-order valence-electron chi connectivity index (χ1n) is 5.48. The van der Waals surface area contributed by atoms with Gasteiger partial charge in [0, 0.05) is 6.04 Å². The highest BCUT2D eigenvalue weighted by Gasteiger charge is 2.23. The van der Waals surface area contributed by atoms with Gasteiger partial charge in [0.1, 0.15) is 0 Å². The largest absolute Gasteiger partial charge is 0.368 e. The van der Waals surface area contributed by atoms with E-state index in [4.69, 9.17) is 17.3 Å². The zero-order valence-corrected chi connectivity index (χ0v) is 9.85. The fourth-order valence-electron chi connectivity index (χ4n) is 1.60. The molecule has 2 aromatic rings. The van der Waals surface area contributed by atoms with Crippen molar-refractivity contribution in [3.63, 3.8) is 0 Å². The summed E-state index contributed by atoms with van der Waals surface area (Å²) in [4.78, 5) is 4.17. The molecule has 1 aromatic carbocycles. The zero-order valence-electron chi connectivity index (χ0n) is 9.10. The number of halogens is 1. The lowest BCUT2D eigenvalue weighted by atomic mass is 10.3. The fraction of sp³-hybridized carbons (Fsp3) is 0.273. The Morgan fingerprint density at radius 3 is 2.82 bits per heavy atom. The highest BCUT2D eigenvalue weighted by molar-refractivity contribution is 6.32. The van der Waals surface area contributed by atoms with Gasteiger partial charge in [-0.25, -0.2) is 0 Å². The number of hydrogen-bond acceptors (Lipinski definition) is 4. The molecule has 0 spiro atoms. The maximum absolute atomic E-state index is 6.09. The second-order valence-corrected chi connectivity index (χ2v) is 4.48. The summed E-state index contributed by atoms with van der Waals surface area (Å²) >= 11 is 6.09. The Balaban J connectivity index is 1.96. The van der Waals surface area contributed by atoms with Gasteiger partial charge in [-0.15, -0.1) is 5.10 Å². The molecule has 1 aromatic heterocycles. The molecular formula is C11H12ClN5. The topological polar surface area (TPSA) is 68.8 Å². The van der Waals surface area contributed by atoms with Gasteiger partial charge in [0.05, 0.1) is 10.7 Å². The minimum absolute atomic E-state index is 0.334. The Morgan fingerprint density at radius 1 is 1.35 bits per heavy atom. The molecule has 88 valence electrons. The first-order valence-corrected chi connectivity index (χ1v) is 5.86. The molecule has 0 amide bonds. The third-order valence-electron chi connectivity index (χ3n) is 2.62. The lowest BCUT2D eigenvalue weighted by molar-refractivity contribution is 0.887. The molecule has 1 heterocycles. The van der Waals surface area contributed by atoms with Crippen LogP contribution in [0.1, 0.15) is 12.8 Å². The molecule has 17 heavy (non-hydrogen) atoms. The van der Waals surface area contributed by atoms with Crippen molar-refractivity contribution in [1.82, 2.24) is 14.8 Å². The molecule has 1 aliphatic rings. The molecule has 1 aliphatic carbocycles. The summed E-state index contributed by atoms with van der Waals surface area (Å²) in [5.41, 5.74) is 6.57. The van der Waals surface area contributed by atoms with Crippen LogP contribution in [0.4, 0.5) is 11.9 Å². The number of nitrogens with two attached hydrogens (primary N) is 1. The summed E-state index contributed by atoms with van der Waals surface area (Å²) in [6.07, 6.45) is 2.33. The maximum atomic E-state index is 6.09. The van der Waals surface area contributed by atoms with Gasteiger partial charge in [0.2, 0.25) is 11.9 Å². The summed E-state index contributed by atoms with van der Waals surface area (Å²) in [5.74, 6) is 0.895. The number of aromatic nitrogens is 3. The van der Waals surface area contributed by atoms with E-state index in [-0.39, 0.29) is 0 Å². The van der Waals surface area contributed by atoms with E-state index in [1.807, 2.05) is 18.2 Å². The SMILES string of the molecule is Nc1nc(NC2CC2)nn1-c1ccccc1Cl. The highest BCUT2D eigenvalue weighted by Crippen LogP contribution is 2.25. The van der Waals surface area contributed by atoms with Crippen molar-refractivity contribution in [3.8, 4) is 5.69 Å². The molecule has 1 saturated carbocycles. The van der Waals surface area contributed by atoms with E-state index in [0.717, 1.165) is 5.69 Å². The van der Waals surface area contributed by atoms with Crippen LogP contribution in [0.25, 0.3) is 5.69 Å². The summed E-state index contributed by atoms with van der Waals surface area (Å²) in [5, 5.41) is 8.11. The van der Waals surface area contributed by atoms with Crippen molar-refractivity contribution in [2.45, 2.75) is 18.9 Å². The Hall–Kier alpha value is -1.75. The van der Waals surface area contributed by atoms with Crippen LogP contribution < -0.4 is 11.1 Å². The van der Waals surface area contributed by atoms with Gasteiger partial charge in [-0.1, -0.05) is 23.7 Å². The van der Waals surface area contributed by atoms with E-state index in [1.54, 1.807) is 10.7 Å². The first-order chi connectivity index (χ1) is 8.24. The van der Waals surface area contributed by atoms with E-state index in [1.165, 1.54) is 12.8 Å². The normalized spacial score (nSPS) is 14.9. The molecule has 6 heteroatoms. The molecular weight excluding hydrogens is 238 g/mol. The average molecular weight is 250 g/mol. The molecule has 0 aliphatic heterocycles. The van der Waals surface area contributed by atoms with E-state index >= 15 is 0 Å². The number of anilines is 2. The van der Waals surface area contributed by atoms with Crippen molar-refractivity contribution in [1.29, 1.82) is 0 Å². The second kappa shape index (κ2) is 3.92. The van der Waals surface area contributed by atoms with Crippen molar-refractivity contribution in [2.75, 3.05) is 11.1 Å². The predicted octanol–water partition coefficient (Wildman–Crippen LogP) is 2.08. The number of nitrogens with one attached hydrogen (secondary N) is 1. The van der Waals surface area contributed by atoms with Crippen LogP contribution in [0, 0.1) is 0 Å². The number of hydrogen-bond donors (Lipinski definition) is 2. The van der Waals surface area contributed by atoms with Gasteiger partial charge in [-0.3, -0.25) is 0 Å². The summed E-state index contributed by atoms with van der Waals surface area (Å²) in [6.45, 7) is 0. The van der Waals surface area contributed by atoms with Crippen LogP contribution in [-0.4, -0.2) is 20.8 Å². The molecule has 0 unspecified atom stereocenters. The van der Waals surface area contributed by atoms with E-state index < -0.39 is 0 Å². The summed E-state index contributed by atoms with van der Waals surface area (Å²) in [6, 6.07) is 7.90. The standard InChI is InChI=1S/C11H12ClN5/c12-8-3-1-2-4-9(8)17-10(13)15-11(16-17)14-7-5-6-7/h1-4,7H,5-6H2,(H3,13,14,15,16). The number of rotatable bonds is 3. The smallest absolute Gasteiger partial charge is 0.244 e. The molecule has 0 saturated heterocycles. The van der Waals surface area contributed by atoms with Crippen LogP contribution in [0.5, 0.6) is 0 Å². The first kappa shape index (κ1) is 10.4. The number of para-hydroxylation sites is 1. The van der Waals surface area contributed by atoms with Crippen molar-refractivity contribution in [2.24, 2.45) is 0 Å². The van der Waals surface area contributed by atoms with Gasteiger partial charge in [-0.2, -0.15) is 9.67 Å². The van der Waals surface area contributed by atoms with Gasteiger partial charge < -0.3 is 11.1 Å². The van der Waals surface area contributed by atoms with E-state index in [9.17, 15) is 0 Å². The fourth-order valence-corrected chi connectivity index (χ4v) is 1.81. The predicted molar refractivity (Wildman–Crippen MR) is 67.4 cm³/mol. The second-order valence-electron chi connectivity index (χ2n) is 4.08. The molecule has 5 nitrogen and oxygen atoms in total. The van der Waals surface area contributed by atoms with Crippen molar-refractivity contribution < 1.29 is 0 Å². The third kappa shape index (κ3) is 2.06. The van der Waals surface area contributed by atoms with E-state index in [0.29, 0.717) is 23.0 Å². The number of nitrogen functional groups attached to an aromatic ring is 1. The van der Waals surface area contributed by atoms with Crippen LogP contribution in [0.2, 0.25) is 5.02 Å². The van der Waals surface area contributed by atoms with Crippen LogP contribution in [-0.2, 0) is 0 Å². The third-order valence-corrected chi connectivity index (χ3v) is 2.94. The average Bonchev–Trinajstić information content (AvgIpc) is 3.03. The van der Waals surface area contributed by atoms with Crippen LogP contribution in [0.15, 0.2) is 24.3 Å². The van der Waals surface area contributed by atoms with Gasteiger partial charge in [0.25, 0.3) is 0 Å². The number of benzene rings is 1. The van der Waals surface area contributed by atoms with Crippen LogP contribution in [0.3, 0.4) is 0 Å². The molecule has 0 atom stereocenters. The lowest BCUT2D eigenvalue weighted by Gasteiger charge is -2.03. The van der Waals surface area contributed by atoms with E-state index in [2.05, 4.69) is 15.4 Å². The molecule has 0 bridgehead atoms. The Bertz CT molecular complexity index is 547. The molecule has 1 fully saturated rings. The van der Waals surface area contributed by atoms with Gasteiger partial charge >= 0.3 is 0 Å². The number of nitrogens with zero attached hydrogens (tertiary/aromatic N) is 3. The van der Waals surface area contributed by atoms with Gasteiger partial charge in [-0.05, 0) is 25.0 Å². The zero-order chi connectivity index (χ0) is 11.8. The Morgan fingerprint density at radius 2 is 2.12 bits per heavy atom. The Labute approximate surface area is 104 Å².